The predicted molar refractivity (Wildman–Crippen MR) is 84.7 cm³/mol. The van der Waals surface area contributed by atoms with E-state index in [0.29, 0.717) is 6.54 Å². The van der Waals surface area contributed by atoms with Crippen LogP contribution in [0.3, 0.4) is 0 Å². The van der Waals surface area contributed by atoms with Crippen molar-refractivity contribution in [3.63, 3.8) is 0 Å². The van der Waals surface area contributed by atoms with E-state index < -0.39 is 10.0 Å². The quantitative estimate of drug-likeness (QED) is 0.854. The molecule has 0 radical (unpaired) electrons. The second kappa shape index (κ2) is 6.29. The molecule has 1 aliphatic rings. The Morgan fingerprint density at radius 2 is 1.91 bits per heavy atom. The summed E-state index contributed by atoms with van der Waals surface area (Å²) in [5, 5.41) is 5.07. The SMILES string of the molecule is C[C@H](c1ccc(S(N)(=O)=O)cc1)N(C)C(=O)[C@H]1CC(=O)N(C)C1. The number of sulfonamides is 1. The highest BCUT2D eigenvalue weighted by Gasteiger charge is 2.35. The fourth-order valence-electron chi connectivity index (χ4n) is 2.67. The Bertz CT molecular complexity index is 715. The summed E-state index contributed by atoms with van der Waals surface area (Å²) >= 11 is 0. The van der Waals surface area contributed by atoms with Gasteiger partial charge in [0, 0.05) is 27.1 Å². The number of hydrogen-bond acceptors (Lipinski definition) is 4. The minimum Gasteiger partial charge on any atom is -0.345 e. The summed E-state index contributed by atoms with van der Waals surface area (Å²) in [4.78, 5) is 27.3. The van der Waals surface area contributed by atoms with Crippen LogP contribution in [0, 0.1) is 5.92 Å². The molecule has 0 spiro atoms. The van der Waals surface area contributed by atoms with Gasteiger partial charge in [-0.15, -0.1) is 0 Å². The Kier molecular flexibility index (Phi) is 4.76. The molecule has 0 unspecified atom stereocenters. The maximum absolute atomic E-state index is 12.5. The van der Waals surface area contributed by atoms with Gasteiger partial charge >= 0.3 is 0 Å². The van der Waals surface area contributed by atoms with E-state index in [1.165, 1.54) is 12.1 Å². The molecule has 2 N–H and O–H groups in total. The van der Waals surface area contributed by atoms with Crippen LogP contribution in [0.1, 0.15) is 24.9 Å². The lowest BCUT2D eigenvalue weighted by Gasteiger charge is -2.27. The highest BCUT2D eigenvalue weighted by atomic mass is 32.2. The first-order chi connectivity index (χ1) is 10.6. The summed E-state index contributed by atoms with van der Waals surface area (Å²) in [7, 11) is -0.361. The Morgan fingerprint density at radius 1 is 1.35 bits per heavy atom. The standard InChI is InChI=1S/C15H21N3O4S/c1-10(11-4-6-13(7-5-11)23(16,21)22)18(3)15(20)12-8-14(19)17(2)9-12/h4-7,10,12H,8-9H2,1-3H3,(H2,16,21,22)/t10-,12+/m1/s1. The zero-order valence-corrected chi connectivity index (χ0v) is 14.2. The number of amides is 2. The predicted octanol–water partition coefficient (Wildman–Crippen LogP) is 0.332. The molecule has 0 bridgehead atoms. The Hall–Kier alpha value is -1.93. The molecule has 1 heterocycles. The molecule has 126 valence electrons. The molecule has 23 heavy (non-hydrogen) atoms. The van der Waals surface area contributed by atoms with Crippen LogP contribution < -0.4 is 5.14 Å². The van der Waals surface area contributed by atoms with Crippen LogP contribution in [0.15, 0.2) is 29.2 Å². The van der Waals surface area contributed by atoms with E-state index in [-0.39, 0.29) is 35.1 Å². The third kappa shape index (κ3) is 3.70. The molecule has 0 saturated carbocycles. The van der Waals surface area contributed by atoms with Crippen LogP contribution in [0.25, 0.3) is 0 Å². The molecule has 0 aliphatic carbocycles. The zero-order chi connectivity index (χ0) is 17.4. The summed E-state index contributed by atoms with van der Waals surface area (Å²) in [5.74, 6) is -0.448. The Balaban J connectivity index is 2.11. The molecule has 1 aromatic rings. The number of nitrogens with two attached hydrogens (primary N) is 1. The van der Waals surface area contributed by atoms with E-state index in [9.17, 15) is 18.0 Å². The van der Waals surface area contributed by atoms with Crippen molar-refractivity contribution in [3.05, 3.63) is 29.8 Å². The summed E-state index contributed by atoms with van der Waals surface area (Å²) in [6.45, 7) is 2.28. The minimum atomic E-state index is -3.73. The molecule has 1 aliphatic heterocycles. The van der Waals surface area contributed by atoms with Gasteiger partial charge in [0.1, 0.15) is 0 Å². The fraction of sp³-hybridized carbons (Fsp3) is 0.467. The number of rotatable bonds is 4. The second-order valence-corrected chi connectivity index (χ2v) is 7.48. The van der Waals surface area contributed by atoms with Crippen LogP contribution in [-0.4, -0.2) is 50.7 Å². The highest BCUT2D eigenvalue weighted by molar-refractivity contribution is 7.89. The van der Waals surface area contributed by atoms with Crippen molar-refractivity contribution >= 4 is 21.8 Å². The van der Waals surface area contributed by atoms with Gasteiger partial charge in [-0.1, -0.05) is 12.1 Å². The number of hydrogen-bond donors (Lipinski definition) is 1. The minimum absolute atomic E-state index is 0.0260. The summed E-state index contributed by atoms with van der Waals surface area (Å²) in [6, 6.07) is 5.89. The molecule has 2 amide bonds. The first kappa shape index (κ1) is 17.4. The second-order valence-electron chi connectivity index (χ2n) is 5.91. The van der Waals surface area contributed by atoms with Crippen LogP contribution in [-0.2, 0) is 19.6 Å². The summed E-state index contributed by atoms with van der Waals surface area (Å²) in [6.07, 6.45) is 0.233. The number of carbonyl (C=O) groups is 2. The van der Waals surface area contributed by atoms with Gasteiger partial charge in [-0.2, -0.15) is 0 Å². The van der Waals surface area contributed by atoms with Gasteiger partial charge in [0.25, 0.3) is 0 Å². The van der Waals surface area contributed by atoms with Crippen molar-refractivity contribution < 1.29 is 18.0 Å². The van der Waals surface area contributed by atoms with Gasteiger partial charge in [0.2, 0.25) is 21.8 Å². The fourth-order valence-corrected chi connectivity index (χ4v) is 3.18. The molecule has 2 atom stereocenters. The zero-order valence-electron chi connectivity index (χ0n) is 13.4. The van der Waals surface area contributed by atoms with Crippen molar-refractivity contribution in [3.8, 4) is 0 Å². The first-order valence-electron chi connectivity index (χ1n) is 7.24. The number of benzene rings is 1. The maximum atomic E-state index is 12.5. The van der Waals surface area contributed by atoms with Crippen LogP contribution >= 0.6 is 0 Å². The van der Waals surface area contributed by atoms with Crippen LogP contribution in [0.4, 0.5) is 0 Å². The summed E-state index contributed by atoms with van der Waals surface area (Å²) < 4.78 is 22.5. The largest absolute Gasteiger partial charge is 0.345 e. The Labute approximate surface area is 136 Å². The van der Waals surface area contributed by atoms with Crippen molar-refractivity contribution in [1.29, 1.82) is 0 Å². The van der Waals surface area contributed by atoms with Crippen molar-refractivity contribution in [2.75, 3.05) is 20.6 Å². The number of carbonyl (C=O) groups excluding carboxylic acids is 2. The van der Waals surface area contributed by atoms with E-state index in [4.69, 9.17) is 5.14 Å². The van der Waals surface area contributed by atoms with E-state index in [2.05, 4.69) is 0 Å². The monoisotopic (exact) mass is 339 g/mol. The van der Waals surface area contributed by atoms with Gasteiger partial charge in [-0.3, -0.25) is 9.59 Å². The number of primary sulfonamides is 1. The number of nitrogens with zero attached hydrogens (tertiary/aromatic N) is 2. The van der Waals surface area contributed by atoms with Crippen molar-refractivity contribution in [2.24, 2.45) is 11.1 Å². The lowest BCUT2D eigenvalue weighted by molar-refractivity contribution is -0.136. The third-order valence-electron chi connectivity index (χ3n) is 4.31. The van der Waals surface area contributed by atoms with E-state index >= 15 is 0 Å². The van der Waals surface area contributed by atoms with Crippen LogP contribution in [0.2, 0.25) is 0 Å². The Morgan fingerprint density at radius 3 is 2.35 bits per heavy atom. The van der Waals surface area contributed by atoms with Gasteiger partial charge < -0.3 is 9.80 Å². The smallest absolute Gasteiger partial charge is 0.238 e. The van der Waals surface area contributed by atoms with Gasteiger partial charge in [-0.25, -0.2) is 13.6 Å². The number of likely N-dealkylation sites (tertiary alicyclic amines) is 1. The molecule has 0 aromatic heterocycles. The third-order valence-corrected chi connectivity index (χ3v) is 5.24. The van der Waals surface area contributed by atoms with Crippen molar-refractivity contribution in [1.82, 2.24) is 9.80 Å². The molecule has 1 aromatic carbocycles. The normalized spacial score (nSPS) is 19.7. The lowest BCUT2D eigenvalue weighted by Crippen LogP contribution is -2.36. The van der Waals surface area contributed by atoms with Crippen LogP contribution in [0.5, 0.6) is 0 Å². The molecule has 1 fully saturated rings. The van der Waals surface area contributed by atoms with Gasteiger partial charge in [-0.05, 0) is 24.6 Å². The highest BCUT2D eigenvalue weighted by Crippen LogP contribution is 2.25. The first-order valence-corrected chi connectivity index (χ1v) is 8.79. The van der Waals surface area contributed by atoms with E-state index in [1.807, 2.05) is 6.92 Å². The van der Waals surface area contributed by atoms with Gasteiger partial charge in [0.05, 0.1) is 16.9 Å². The van der Waals surface area contributed by atoms with Gasteiger partial charge in [0.15, 0.2) is 0 Å². The van der Waals surface area contributed by atoms with E-state index in [0.717, 1.165) is 5.56 Å². The molecular weight excluding hydrogens is 318 g/mol. The molecule has 7 nitrogen and oxygen atoms in total. The summed E-state index contributed by atoms with van der Waals surface area (Å²) in [5.41, 5.74) is 0.797. The molecule has 2 rings (SSSR count). The average molecular weight is 339 g/mol. The molecule has 1 saturated heterocycles. The topological polar surface area (TPSA) is 101 Å². The van der Waals surface area contributed by atoms with E-state index in [1.54, 1.807) is 36.0 Å². The molecular formula is C15H21N3O4S. The maximum Gasteiger partial charge on any atom is 0.238 e. The lowest BCUT2D eigenvalue weighted by atomic mass is 10.0. The molecule has 8 heteroatoms. The average Bonchev–Trinajstić information content (AvgIpc) is 2.83. The van der Waals surface area contributed by atoms with Crippen molar-refractivity contribution in [2.45, 2.75) is 24.3 Å².